The number of benzene rings is 1. The summed E-state index contributed by atoms with van der Waals surface area (Å²) in [6.07, 6.45) is 0.853. The van der Waals surface area contributed by atoms with E-state index in [9.17, 15) is 9.18 Å². The van der Waals surface area contributed by atoms with Gasteiger partial charge in [0.1, 0.15) is 11.6 Å². The molecule has 0 saturated heterocycles. The first kappa shape index (κ1) is 19.9. The first-order chi connectivity index (χ1) is 12.3. The number of carbonyl (C=O) groups excluding carboxylic acids is 1. The van der Waals surface area contributed by atoms with E-state index in [2.05, 4.69) is 25.6 Å². The molecule has 1 aromatic heterocycles. The lowest BCUT2D eigenvalue weighted by molar-refractivity contribution is -0.120. The van der Waals surface area contributed by atoms with Gasteiger partial charge in [-0.15, -0.1) is 11.8 Å². The molecule has 0 aliphatic heterocycles. The Morgan fingerprint density at radius 1 is 1.23 bits per heavy atom. The summed E-state index contributed by atoms with van der Waals surface area (Å²) in [5, 5.41) is 5.92. The van der Waals surface area contributed by atoms with E-state index in [0.717, 1.165) is 6.42 Å². The van der Waals surface area contributed by atoms with Gasteiger partial charge in [-0.1, -0.05) is 6.92 Å². The smallest absolute Gasteiger partial charge is 0.232 e. The number of carbonyl (C=O) groups is 1. The zero-order valence-electron chi connectivity index (χ0n) is 15.0. The first-order valence-corrected chi connectivity index (χ1v) is 9.34. The van der Waals surface area contributed by atoms with Crippen molar-refractivity contribution in [1.82, 2.24) is 20.3 Å². The maximum absolute atomic E-state index is 13.0. The minimum absolute atomic E-state index is 0.0338. The molecular formula is C17H23FN6OS. The number of hydrogen-bond donors (Lipinski definition) is 3. The summed E-state index contributed by atoms with van der Waals surface area (Å²) >= 11 is 1.39. The third-order valence-corrected chi connectivity index (χ3v) is 4.55. The van der Waals surface area contributed by atoms with Crippen LogP contribution in [0.15, 0.2) is 24.3 Å². The summed E-state index contributed by atoms with van der Waals surface area (Å²) in [7, 11) is 0. The van der Waals surface area contributed by atoms with Gasteiger partial charge < -0.3 is 16.4 Å². The highest BCUT2D eigenvalue weighted by Crippen LogP contribution is 2.16. The van der Waals surface area contributed by atoms with Gasteiger partial charge in [0.2, 0.25) is 17.8 Å². The number of hydrogen-bond acceptors (Lipinski definition) is 7. The average molecular weight is 378 g/mol. The van der Waals surface area contributed by atoms with Crippen LogP contribution in [0, 0.1) is 5.82 Å². The zero-order valence-corrected chi connectivity index (χ0v) is 15.9. The molecule has 0 unspecified atom stereocenters. The van der Waals surface area contributed by atoms with E-state index in [-0.39, 0.29) is 29.2 Å². The molecule has 0 atom stereocenters. The van der Waals surface area contributed by atoms with E-state index in [1.54, 1.807) is 12.1 Å². The molecule has 7 nitrogen and oxygen atoms in total. The highest BCUT2D eigenvalue weighted by Gasteiger charge is 2.17. The molecule has 1 amide bonds. The molecule has 0 bridgehead atoms. The van der Waals surface area contributed by atoms with Crippen molar-refractivity contribution < 1.29 is 9.18 Å². The number of amides is 1. The number of nitrogens with zero attached hydrogens (tertiary/aromatic N) is 3. The number of nitrogens with one attached hydrogen (secondary N) is 2. The van der Waals surface area contributed by atoms with Crippen LogP contribution in [-0.2, 0) is 10.5 Å². The van der Waals surface area contributed by atoms with Crippen molar-refractivity contribution in [2.75, 3.05) is 16.8 Å². The average Bonchev–Trinajstić information content (AvgIpc) is 2.56. The predicted molar refractivity (Wildman–Crippen MR) is 103 cm³/mol. The SMILES string of the molecule is CCC(C)(C)NC(=O)CSCc1nc(N)nc(Nc2ccc(F)cc2)n1. The monoisotopic (exact) mass is 378 g/mol. The predicted octanol–water partition coefficient (Wildman–Crippen LogP) is 2.87. The Labute approximate surface area is 156 Å². The second kappa shape index (κ2) is 8.79. The van der Waals surface area contributed by atoms with Gasteiger partial charge in [-0.05, 0) is 44.5 Å². The number of rotatable bonds is 8. The Kier molecular flexibility index (Phi) is 6.73. The fraction of sp³-hybridized carbons (Fsp3) is 0.412. The Morgan fingerprint density at radius 2 is 1.92 bits per heavy atom. The van der Waals surface area contributed by atoms with Gasteiger partial charge in [-0.25, -0.2) is 4.39 Å². The summed E-state index contributed by atoms with van der Waals surface area (Å²) < 4.78 is 13.0. The Balaban J connectivity index is 1.92. The van der Waals surface area contributed by atoms with Gasteiger partial charge >= 0.3 is 0 Å². The number of thioether (sulfide) groups is 1. The van der Waals surface area contributed by atoms with Crippen molar-refractivity contribution in [3.63, 3.8) is 0 Å². The van der Waals surface area contributed by atoms with Gasteiger partial charge in [-0.2, -0.15) is 15.0 Å². The maximum atomic E-state index is 13.0. The third-order valence-electron chi connectivity index (χ3n) is 3.63. The van der Waals surface area contributed by atoms with Crippen LogP contribution in [0.5, 0.6) is 0 Å². The van der Waals surface area contributed by atoms with Gasteiger partial charge in [0.15, 0.2) is 0 Å². The largest absolute Gasteiger partial charge is 0.368 e. The van der Waals surface area contributed by atoms with Gasteiger partial charge in [0, 0.05) is 11.2 Å². The van der Waals surface area contributed by atoms with Crippen LogP contribution >= 0.6 is 11.8 Å². The molecule has 4 N–H and O–H groups in total. The standard InChI is InChI=1S/C17H23FN6OS/c1-4-17(2,3)24-14(25)10-26-9-13-21-15(19)23-16(22-13)20-12-7-5-11(18)6-8-12/h5-8H,4,9-10H2,1-3H3,(H,24,25)(H3,19,20,21,22,23). The van der Waals surface area contributed by atoms with Crippen LogP contribution < -0.4 is 16.4 Å². The molecule has 1 aromatic carbocycles. The molecule has 0 saturated carbocycles. The van der Waals surface area contributed by atoms with E-state index >= 15 is 0 Å². The molecule has 2 aromatic rings. The summed E-state index contributed by atoms with van der Waals surface area (Å²) in [6, 6.07) is 5.81. The van der Waals surface area contributed by atoms with E-state index in [1.807, 2.05) is 20.8 Å². The molecule has 140 valence electrons. The molecule has 2 rings (SSSR count). The molecule has 0 radical (unpaired) electrons. The van der Waals surface area contributed by atoms with E-state index < -0.39 is 0 Å². The molecule has 26 heavy (non-hydrogen) atoms. The molecule has 9 heteroatoms. The van der Waals surface area contributed by atoms with E-state index in [4.69, 9.17) is 5.73 Å². The summed E-state index contributed by atoms with van der Waals surface area (Å²) in [6.45, 7) is 5.99. The van der Waals surface area contributed by atoms with Gasteiger partial charge in [0.25, 0.3) is 0 Å². The number of nitrogen functional groups attached to an aromatic ring is 1. The number of aromatic nitrogens is 3. The van der Waals surface area contributed by atoms with Gasteiger partial charge in [0.05, 0.1) is 11.5 Å². The summed E-state index contributed by atoms with van der Waals surface area (Å²) in [5.41, 5.74) is 6.13. The lowest BCUT2D eigenvalue weighted by Gasteiger charge is -2.24. The van der Waals surface area contributed by atoms with Crippen LogP contribution in [-0.4, -0.2) is 32.2 Å². The van der Waals surface area contributed by atoms with Crippen molar-refractivity contribution in [2.24, 2.45) is 0 Å². The second-order valence-electron chi connectivity index (χ2n) is 6.34. The zero-order chi connectivity index (χ0) is 19.2. The summed E-state index contributed by atoms with van der Waals surface area (Å²) in [4.78, 5) is 24.3. The lowest BCUT2D eigenvalue weighted by Crippen LogP contribution is -2.43. The fourth-order valence-corrected chi connectivity index (χ4v) is 2.63. The number of anilines is 3. The first-order valence-electron chi connectivity index (χ1n) is 8.19. The van der Waals surface area contributed by atoms with Crippen molar-refractivity contribution >= 4 is 35.3 Å². The van der Waals surface area contributed by atoms with Crippen LogP contribution in [0.25, 0.3) is 0 Å². The number of halogens is 1. The minimum atomic E-state index is -0.327. The van der Waals surface area contributed by atoms with Crippen LogP contribution in [0.3, 0.4) is 0 Å². The Hall–Kier alpha value is -2.42. The van der Waals surface area contributed by atoms with Crippen LogP contribution in [0.2, 0.25) is 0 Å². The molecule has 0 fully saturated rings. The van der Waals surface area contributed by atoms with Crippen LogP contribution in [0.4, 0.5) is 22.0 Å². The lowest BCUT2D eigenvalue weighted by atomic mass is 10.0. The minimum Gasteiger partial charge on any atom is -0.368 e. The van der Waals surface area contributed by atoms with E-state index in [0.29, 0.717) is 23.0 Å². The topological polar surface area (TPSA) is 106 Å². The quantitative estimate of drug-likeness (QED) is 0.648. The molecule has 0 spiro atoms. The highest BCUT2D eigenvalue weighted by molar-refractivity contribution is 7.99. The van der Waals surface area contributed by atoms with Crippen LogP contribution in [0.1, 0.15) is 33.0 Å². The molecule has 0 aliphatic carbocycles. The molecule has 0 aliphatic rings. The Bertz CT molecular complexity index is 753. The Morgan fingerprint density at radius 3 is 2.58 bits per heavy atom. The van der Waals surface area contributed by atoms with Crippen molar-refractivity contribution in [2.45, 2.75) is 38.5 Å². The normalized spacial score (nSPS) is 11.2. The van der Waals surface area contributed by atoms with Crippen molar-refractivity contribution in [3.8, 4) is 0 Å². The third kappa shape index (κ3) is 6.47. The van der Waals surface area contributed by atoms with Gasteiger partial charge in [-0.3, -0.25) is 4.79 Å². The highest BCUT2D eigenvalue weighted by atomic mass is 32.2. The second-order valence-corrected chi connectivity index (χ2v) is 7.33. The molecule has 1 heterocycles. The summed E-state index contributed by atoms with van der Waals surface area (Å²) in [5.74, 6) is 1.18. The molecular weight excluding hydrogens is 355 g/mol. The maximum Gasteiger partial charge on any atom is 0.232 e. The van der Waals surface area contributed by atoms with E-state index in [1.165, 1.54) is 23.9 Å². The fourth-order valence-electron chi connectivity index (χ4n) is 1.96. The number of nitrogens with two attached hydrogens (primary N) is 1. The van der Waals surface area contributed by atoms with Crippen molar-refractivity contribution in [1.29, 1.82) is 0 Å². The van der Waals surface area contributed by atoms with Crippen molar-refractivity contribution in [3.05, 3.63) is 35.9 Å².